The normalized spacial score (nSPS) is 20.0. The highest BCUT2D eigenvalue weighted by Crippen LogP contribution is 2.32. The fourth-order valence-corrected chi connectivity index (χ4v) is 5.50. The molecule has 2 aliphatic heterocycles. The fraction of sp³-hybridized carbons (Fsp3) is 0.156. The molecule has 1 aromatic heterocycles. The number of thioether (sulfide) groups is 1. The highest BCUT2D eigenvalue weighted by Gasteiger charge is 2.54. The van der Waals surface area contributed by atoms with Gasteiger partial charge in [-0.05, 0) is 48.2 Å². The summed E-state index contributed by atoms with van der Waals surface area (Å²) in [5, 5.41) is 9.22. The van der Waals surface area contributed by atoms with Gasteiger partial charge in [0, 0.05) is 6.20 Å². The zero-order valence-electron chi connectivity index (χ0n) is 25.1. The Morgan fingerprint density at radius 1 is 0.776 bits per heavy atom. The first-order valence-corrected chi connectivity index (χ1v) is 15.4. The van der Waals surface area contributed by atoms with Gasteiger partial charge in [0.1, 0.15) is 17.7 Å². The number of carbonyl (C=O) groups is 4. The lowest BCUT2D eigenvalue weighted by atomic mass is 10.1. The van der Waals surface area contributed by atoms with Crippen molar-refractivity contribution in [2.45, 2.75) is 29.6 Å². The monoisotopic (exact) mass is 686 g/mol. The van der Waals surface area contributed by atoms with Gasteiger partial charge in [-0.1, -0.05) is 54.6 Å². The molecule has 1 fully saturated rings. The fourth-order valence-electron chi connectivity index (χ4n) is 4.81. The number of hydrazine groups is 1. The lowest BCUT2D eigenvalue weighted by molar-refractivity contribution is -0.0965. The van der Waals surface area contributed by atoms with E-state index in [0.717, 1.165) is 16.8 Å². The molecular weight excluding hydrogens is 660 g/mol. The van der Waals surface area contributed by atoms with Gasteiger partial charge in [-0.15, -0.1) is 0 Å². The predicted molar refractivity (Wildman–Crippen MR) is 170 cm³/mol. The summed E-state index contributed by atoms with van der Waals surface area (Å²) in [6, 6.07) is 23.4. The van der Waals surface area contributed by atoms with Crippen LogP contribution in [0.5, 0.6) is 0 Å². The van der Waals surface area contributed by atoms with E-state index < -0.39 is 66.3 Å². The van der Waals surface area contributed by atoms with Gasteiger partial charge in [0.15, 0.2) is 23.5 Å². The molecule has 0 saturated carbocycles. The molecule has 4 atom stereocenters. The molecule has 16 nitrogen and oxygen atoms in total. The predicted octanol–water partition coefficient (Wildman–Crippen LogP) is 1.91. The molecule has 0 spiro atoms. The molecule has 0 radical (unpaired) electrons. The molecule has 6 rings (SSSR count). The molecule has 4 aromatic rings. The van der Waals surface area contributed by atoms with Crippen LogP contribution in [0.25, 0.3) is 0 Å². The molecule has 4 N–H and O–H groups in total. The van der Waals surface area contributed by atoms with Crippen molar-refractivity contribution >= 4 is 35.7 Å². The number of benzene rings is 3. The highest BCUT2D eigenvalue weighted by molar-refractivity contribution is 8.03. The second-order valence-electron chi connectivity index (χ2n) is 10.4. The van der Waals surface area contributed by atoms with Gasteiger partial charge in [-0.2, -0.15) is 5.10 Å². The summed E-state index contributed by atoms with van der Waals surface area (Å²) in [7, 11) is 0. The smallest absolute Gasteiger partial charge is 0.343 e. The minimum atomic E-state index is -1.45. The Hall–Kier alpha value is -6.20. The van der Waals surface area contributed by atoms with Crippen molar-refractivity contribution in [3.8, 4) is 0 Å². The Labute approximate surface area is 280 Å². The van der Waals surface area contributed by atoms with Crippen LogP contribution in [0.2, 0.25) is 0 Å². The van der Waals surface area contributed by atoms with Crippen LogP contribution in [0.1, 0.15) is 31.1 Å². The number of amides is 2. The Morgan fingerprint density at radius 2 is 1.33 bits per heavy atom. The van der Waals surface area contributed by atoms with Crippen molar-refractivity contribution in [3.05, 3.63) is 140 Å². The van der Waals surface area contributed by atoms with Crippen LogP contribution in [0.4, 0.5) is 4.79 Å². The highest BCUT2D eigenvalue weighted by atomic mass is 32.2. The minimum absolute atomic E-state index is 0.113. The van der Waals surface area contributed by atoms with Gasteiger partial charge in [0.05, 0.1) is 16.7 Å². The summed E-state index contributed by atoms with van der Waals surface area (Å²) >= 11 is 0.735. The Bertz CT molecular complexity index is 1990. The van der Waals surface area contributed by atoms with Crippen molar-refractivity contribution in [1.29, 1.82) is 0 Å². The van der Waals surface area contributed by atoms with E-state index in [1.165, 1.54) is 30.5 Å². The number of hydrogen-bond acceptors (Lipinski definition) is 13. The van der Waals surface area contributed by atoms with E-state index in [0.29, 0.717) is 0 Å². The summed E-state index contributed by atoms with van der Waals surface area (Å²) in [5.41, 5.74) is 1.75. The first-order chi connectivity index (χ1) is 23.8. The van der Waals surface area contributed by atoms with Gasteiger partial charge in [0.2, 0.25) is 0 Å². The van der Waals surface area contributed by atoms with Crippen LogP contribution in [0.3, 0.4) is 0 Å². The summed E-state index contributed by atoms with van der Waals surface area (Å²) in [6.45, 7) is -0.455. The van der Waals surface area contributed by atoms with Crippen LogP contribution >= 0.6 is 11.8 Å². The third-order valence-corrected chi connectivity index (χ3v) is 8.01. The minimum Gasteiger partial charge on any atom is -0.459 e. The average molecular weight is 687 g/mol. The van der Waals surface area contributed by atoms with Gasteiger partial charge in [-0.3, -0.25) is 20.5 Å². The number of urea groups is 1. The molecule has 1 saturated heterocycles. The van der Waals surface area contributed by atoms with E-state index in [4.69, 9.17) is 18.9 Å². The van der Waals surface area contributed by atoms with Gasteiger partial charge in [-0.25, -0.2) is 34.1 Å². The molecule has 2 aliphatic rings. The Kier molecular flexibility index (Phi) is 9.82. The number of hydrogen-bond donors (Lipinski definition) is 4. The van der Waals surface area contributed by atoms with E-state index in [2.05, 4.69) is 20.9 Å². The lowest BCUT2D eigenvalue weighted by Crippen LogP contribution is -2.59. The van der Waals surface area contributed by atoms with Crippen molar-refractivity contribution in [2.75, 3.05) is 6.61 Å². The van der Waals surface area contributed by atoms with Crippen LogP contribution in [-0.2, 0) is 18.9 Å². The standard InChI is InChI=1S/C32H26N6O10S/c39-25-26(36-37-31(43)35-25)49-22-16-33-38(32(44)34-22)27-24(48-30(42)20-14-8-3-9-15-20)23(47-29(41)19-12-6-2-7-13-19)21(46-27)17-45-28(40)18-10-4-1-5-11-18/h1-16,21,23-24,27,33H,17H2,(H,34,44)(H2,35,37,39,43). The van der Waals surface area contributed by atoms with Crippen LogP contribution in [-0.4, -0.2) is 75.3 Å². The van der Waals surface area contributed by atoms with E-state index in [9.17, 15) is 28.8 Å². The van der Waals surface area contributed by atoms with Crippen LogP contribution in [0.15, 0.2) is 117 Å². The van der Waals surface area contributed by atoms with E-state index in [1.807, 2.05) is 4.98 Å². The summed E-state index contributed by atoms with van der Waals surface area (Å²) in [5.74, 6) is -2.29. The number of carbonyl (C=O) groups excluding carboxylic acids is 4. The lowest BCUT2D eigenvalue weighted by Gasteiger charge is -2.34. The average Bonchev–Trinajstić information content (AvgIpc) is 3.45. The van der Waals surface area contributed by atoms with Gasteiger partial charge >= 0.3 is 29.6 Å². The molecule has 2 amide bonds. The molecule has 4 unspecified atom stereocenters. The first-order valence-electron chi connectivity index (χ1n) is 14.6. The van der Waals surface area contributed by atoms with E-state index in [1.54, 1.807) is 66.7 Å². The van der Waals surface area contributed by atoms with Crippen LogP contribution in [0, 0.1) is 0 Å². The Morgan fingerprint density at radius 3 is 1.88 bits per heavy atom. The summed E-state index contributed by atoms with van der Waals surface area (Å²) in [6.07, 6.45) is -4.21. The SMILES string of the molecule is O=C(OCC1OC(N2NC=C(Sc3n[nH]c(=O)[nH]c3=O)NC2=O)C(OC(=O)c2ccccc2)C1OC(=O)c1ccccc1)c1ccccc1. The maximum atomic E-state index is 13.5. The quantitative estimate of drug-likeness (QED) is 0.139. The number of esters is 3. The van der Waals surface area contributed by atoms with Crippen molar-refractivity contribution in [3.63, 3.8) is 0 Å². The largest absolute Gasteiger partial charge is 0.459 e. The third kappa shape index (κ3) is 7.69. The molecule has 0 bridgehead atoms. The molecule has 49 heavy (non-hydrogen) atoms. The van der Waals surface area contributed by atoms with Gasteiger partial charge < -0.3 is 18.9 Å². The summed E-state index contributed by atoms with van der Waals surface area (Å²) in [4.78, 5) is 78.5. The van der Waals surface area contributed by atoms with Gasteiger partial charge in [0.25, 0.3) is 5.56 Å². The molecule has 250 valence electrons. The number of ether oxygens (including phenoxy) is 4. The van der Waals surface area contributed by atoms with Crippen molar-refractivity contribution in [2.24, 2.45) is 0 Å². The number of nitrogens with zero attached hydrogens (tertiary/aromatic N) is 2. The van der Waals surface area contributed by atoms with Crippen molar-refractivity contribution < 1.29 is 38.1 Å². The number of nitrogens with one attached hydrogen (secondary N) is 4. The molecule has 3 aromatic carbocycles. The van der Waals surface area contributed by atoms with E-state index >= 15 is 0 Å². The molecular formula is C32H26N6O10S. The Balaban J connectivity index is 1.30. The van der Waals surface area contributed by atoms with Crippen LogP contribution < -0.4 is 22.0 Å². The third-order valence-electron chi connectivity index (χ3n) is 7.10. The zero-order valence-corrected chi connectivity index (χ0v) is 26.0. The summed E-state index contributed by atoms with van der Waals surface area (Å²) < 4.78 is 23.4. The maximum absolute atomic E-state index is 13.5. The number of aromatic amines is 2. The maximum Gasteiger partial charge on any atom is 0.343 e. The number of rotatable bonds is 10. The molecule has 17 heteroatoms. The number of aromatic nitrogens is 3. The molecule has 3 heterocycles. The number of H-pyrrole nitrogens is 2. The van der Waals surface area contributed by atoms with E-state index in [-0.39, 0.29) is 26.7 Å². The second kappa shape index (κ2) is 14.7. The first kappa shape index (κ1) is 32.7. The topological polar surface area (TPSA) is 211 Å². The molecule has 0 aliphatic carbocycles. The second-order valence-corrected chi connectivity index (χ2v) is 11.4. The zero-order chi connectivity index (χ0) is 34.3. The van der Waals surface area contributed by atoms with Crippen molar-refractivity contribution in [1.82, 2.24) is 30.9 Å².